The number of aliphatic imine (C=N–C) groups is 1. The van der Waals surface area contributed by atoms with Gasteiger partial charge in [0.05, 0.1) is 29.9 Å². The second-order valence-corrected chi connectivity index (χ2v) is 8.72. The topological polar surface area (TPSA) is 103 Å². The number of benzene rings is 3. The molecule has 1 amide bonds. The SMILES string of the molecule is C=Nc1cc(OCc2cc(COP)cc([N+](=O)[O-])c2)c(OC)cc1C(=O)N1CCc2cc(C)ccc21. The van der Waals surface area contributed by atoms with Crippen molar-refractivity contribution in [2.45, 2.75) is 26.6 Å². The Labute approximate surface area is 211 Å². The first kappa shape index (κ1) is 25.3. The minimum Gasteiger partial charge on any atom is -0.493 e. The monoisotopic (exact) mass is 507 g/mol. The third kappa shape index (κ3) is 5.22. The average molecular weight is 507 g/mol. The average Bonchev–Trinajstić information content (AvgIpc) is 3.29. The Hall–Kier alpha value is -3.81. The van der Waals surface area contributed by atoms with E-state index in [0.29, 0.717) is 40.4 Å². The molecule has 4 rings (SSSR count). The van der Waals surface area contributed by atoms with Crippen molar-refractivity contribution >= 4 is 39.2 Å². The van der Waals surface area contributed by atoms with Crippen LogP contribution >= 0.6 is 9.47 Å². The van der Waals surface area contributed by atoms with Crippen LogP contribution in [0.1, 0.15) is 32.6 Å². The molecule has 0 radical (unpaired) electrons. The number of rotatable bonds is 9. The van der Waals surface area contributed by atoms with Crippen LogP contribution in [0.2, 0.25) is 0 Å². The minimum absolute atomic E-state index is 0.0324. The number of amides is 1. The lowest BCUT2D eigenvalue weighted by molar-refractivity contribution is -0.385. The molecule has 1 aliphatic heterocycles. The summed E-state index contributed by atoms with van der Waals surface area (Å²) >= 11 is 0. The van der Waals surface area contributed by atoms with Crippen molar-refractivity contribution in [3.05, 3.63) is 86.5 Å². The van der Waals surface area contributed by atoms with Gasteiger partial charge in [-0.25, -0.2) is 0 Å². The number of nitrogens with zero attached hydrogens (tertiary/aromatic N) is 3. The van der Waals surface area contributed by atoms with Crippen LogP contribution in [0.4, 0.5) is 17.1 Å². The number of aryl methyl sites for hydroxylation is 1. The van der Waals surface area contributed by atoms with E-state index >= 15 is 0 Å². The number of carbonyl (C=O) groups excluding carboxylic acids is 1. The van der Waals surface area contributed by atoms with Crippen LogP contribution in [-0.4, -0.2) is 31.2 Å². The summed E-state index contributed by atoms with van der Waals surface area (Å²) < 4.78 is 16.5. The van der Waals surface area contributed by atoms with Crippen LogP contribution in [-0.2, 0) is 24.2 Å². The summed E-state index contributed by atoms with van der Waals surface area (Å²) in [5, 5.41) is 11.3. The molecule has 0 spiro atoms. The van der Waals surface area contributed by atoms with Crippen LogP contribution < -0.4 is 14.4 Å². The molecular formula is C26H26N3O6P. The molecule has 0 bridgehead atoms. The van der Waals surface area contributed by atoms with Crippen LogP contribution in [0.5, 0.6) is 11.5 Å². The van der Waals surface area contributed by atoms with E-state index in [1.807, 2.05) is 19.1 Å². The van der Waals surface area contributed by atoms with Crippen molar-refractivity contribution < 1.29 is 23.7 Å². The fourth-order valence-corrected chi connectivity index (χ4v) is 4.48. The maximum atomic E-state index is 13.5. The van der Waals surface area contributed by atoms with E-state index in [-0.39, 0.29) is 24.8 Å². The van der Waals surface area contributed by atoms with Crippen molar-refractivity contribution in [2.75, 3.05) is 18.6 Å². The second-order valence-electron chi connectivity index (χ2n) is 8.38. The van der Waals surface area contributed by atoms with Crippen molar-refractivity contribution in [2.24, 2.45) is 4.99 Å². The van der Waals surface area contributed by atoms with E-state index in [0.717, 1.165) is 23.2 Å². The van der Waals surface area contributed by atoms with Crippen LogP contribution in [0.25, 0.3) is 0 Å². The molecule has 10 heteroatoms. The molecule has 0 saturated heterocycles. The number of hydrogen-bond acceptors (Lipinski definition) is 7. The van der Waals surface area contributed by atoms with E-state index in [4.69, 9.17) is 14.0 Å². The van der Waals surface area contributed by atoms with Gasteiger partial charge in [-0.15, -0.1) is 0 Å². The molecule has 1 aliphatic rings. The molecule has 0 aromatic heterocycles. The van der Waals surface area contributed by atoms with E-state index in [2.05, 4.69) is 27.2 Å². The maximum absolute atomic E-state index is 13.5. The molecule has 186 valence electrons. The van der Waals surface area contributed by atoms with Gasteiger partial charge >= 0.3 is 0 Å². The van der Waals surface area contributed by atoms with Gasteiger partial charge in [-0.2, -0.15) is 0 Å². The lowest BCUT2D eigenvalue weighted by atomic mass is 10.1. The number of fused-ring (bicyclic) bond motifs is 1. The second kappa shape index (κ2) is 10.8. The van der Waals surface area contributed by atoms with Gasteiger partial charge in [-0.05, 0) is 55.0 Å². The largest absolute Gasteiger partial charge is 0.493 e. The number of nitro benzene ring substituents is 1. The molecule has 0 fully saturated rings. The molecule has 3 aromatic rings. The normalized spacial score (nSPS) is 12.2. The highest BCUT2D eigenvalue weighted by atomic mass is 31.0. The lowest BCUT2D eigenvalue weighted by Gasteiger charge is -2.20. The predicted octanol–water partition coefficient (Wildman–Crippen LogP) is 5.33. The summed E-state index contributed by atoms with van der Waals surface area (Å²) in [5.41, 5.74) is 5.03. The zero-order chi connectivity index (χ0) is 25.8. The van der Waals surface area contributed by atoms with Gasteiger partial charge in [0.2, 0.25) is 0 Å². The Morgan fingerprint density at radius 1 is 1.14 bits per heavy atom. The number of ether oxygens (including phenoxy) is 2. The first-order chi connectivity index (χ1) is 17.3. The highest BCUT2D eigenvalue weighted by Gasteiger charge is 2.28. The molecule has 0 N–H and O–H groups in total. The molecule has 0 aliphatic carbocycles. The van der Waals surface area contributed by atoms with Gasteiger partial charge in [0.25, 0.3) is 11.6 Å². The molecule has 36 heavy (non-hydrogen) atoms. The highest BCUT2D eigenvalue weighted by molar-refractivity contribution is 7.09. The van der Waals surface area contributed by atoms with Crippen molar-refractivity contribution in [3.63, 3.8) is 0 Å². The van der Waals surface area contributed by atoms with E-state index in [1.54, 1.807) is 23.1 Å². The van der Waals surface area contributed by atoms with Crippen molar-refractivity contribution in [3.8, 4) is 11.5 Å². The number of nitro groups is 1. The Morgan fingerprint density at radius 2 is 1.89 bits per heavy atom. The quantitative estimate of drug-likeness (QED) is 0.168. The standard InChI is InChI=1S/C26H26N3O6P/c1-16-4-5-23-19(8-16)6-7-28(23)26(30)21-12-24(33-3)25(13-22(21)27-2)34-14-17-9-18(15-35-36)11-20(10-17)29(31)32/h4-5,8-13H,2,6-7,14-15,36H2,1,3H3. The van der Waals surface area contributed by atoms with Gasteiger partial charge in [-0.3, -0.25) is 19.9 Å². The Morgan fingerprint density at radius 3 is 2.56 bits per heavy atom. The van der Waals surface area contributed by atoms with E-state index < -0.39 is 4.92 Å². The Balaban J connectivity index is 1.62. The summed E-state index contributed by atoms with van der Waals surface area (Å²) in [6.07, 6.45) is 0.783. The van der Waals surface area contributed by atoms with Gasteiger partial charge in [-0.1, -0.05) is 17.7 Å². The van der Waals surface area contributed by atoms with Crippen LogP contribution in [0.3, 0.4) is 0 Å². The molecule has 1 atom stereocenters. The zero-order valence-corrected chi connectivity index (χ0v) is 21.2. The predicted molar refractivity (Wildman–Crippen MR) is 141 cm³/mol. The highest BCUT2D eigenvalue weighted by Crippen LogP contribution is 2.38. The molecule has 1 heterocycles. The molecule has 3 aromatic carbocycles. The number of carbonyl (C=O) groups is 1. The fraction of sp³-hybridized carbons (Fsp3) is 0.231. The fourth-order valence-electron chi connectivity index (χ4n) is 4.28. The smallest absolute Gasteiger partial charge is 0.270 e. The minimum atomic E-state index is -0.464. The first-order valence-electron chi connectivity index (χ1n) is 11.2. The number of hydrogen-bond donors (Lipinski definition) is 0. The van der Waals surface area contributed by atoms with Crippen molar-refractivity contribution in [1.29, 1.82) is 0 Å². The molecule has 1 unspecified atom stereocenters. The van der Waals surface area contributed by atoms with Gasteiger partial charge in [0, 0.05) is 39.9 Å². The summed E-state index contributed by atoms with van der Waals surface area (Å²) in [7, 11) is 3.60. The number of non-ortho nitro benzene ring substituents is 1. The first-order valence-corrected chi connectivity index (χ1v) is 11.6. The van der Waals surface area contributed by atoms with Crippen LogP contribution in [0, 0.1) is 17.0 Å². The molecule has 0 saturated carbocycles. The Bertz CT molecular complexity index is 1340. The molecular weight excluding hydrogens is 481 g/mol. The summed E-state index contributed by atoms with van der Waals surface area (Å²) in [6, 6.07) is 13.9. The summed E-state index contributed by atoms with van der Waals surface area (Å²) in [6.45, 7) is 6.46. The van der Waals surface area contributed by atoms with Gasteiger partial charge in [0.1, 0.15) is 6.61 Å². The van der Waals surface area contributed by atoms with Gasteiger partial charge in [0.15, 0.2) is 11.5 Å². The van der Waals surface area contributed by atoms with Crippen LogP contribution in [0.15, 0.2) is 53.5 Å². The number of anilines is 1. The van der Waals surface area contributed by atoms with E-state index in [9.17, 15) is 14.9 Å². The van der Waals surface area contributed by atoms with Crippen molar-refractivity contribution in [1.82, 2.24) is 0 Å². The van der Waals surface area contributed by atoms with E-state index in [1.165, 1.54) is 19.2 Å². The Kier molecular flexibility index (Phi) is 7.62. The summed E-state index contributed by atoms with van der Waals surface area (Å²) in [4.78, 5) is 30.1. The maximum Gasteiger partial charge on any atom is 0.270 e. The third-order valence-electron chi connectivity index (χ3n) is 5.95. The third-order valence-corrected chi connectivity index (χ3v) is 6.12. The lowest BCUT2D eigenvalue weighted by Crippen LogP contribution is -2.29. The zero-order valence-electron chi connectivity index (χ0n) is 20.0. The summed E-state index contributed by atoms with van der Waals surface area (Å²) in [5.74, 6) is 0.475. The van der Waals surface area contributed by atoms with Gasteiger partial charge < -0.3 is 18.9 Å². The number of methoxy groups -OCH3 is 1. The molecule has 9 nitrogen and oxygen atoms in total.